The van der Waals surface area contributed by atoms with E-state index in [0.29, 0.717) is 39.6 Å². The second-order valence-corrected chi connectivity index (χ2v) is 8.33. The highest BCUT2D eigenvalue weighted by molar-refractivity contribution is 7.25. The number of pyridine rings is 1. The van der Waals surface area contributed by atoms with Gasteiger partial charge in [-0.2, -0.15) is 0 Å². The molecule has 0 radical (unpaired) electrons. The van der Waals surface area contributed by atoms with Crippen LogP contribution in [0.1, 0.15) is 31.0 Å². The fourth-order valence-electron chi connectivity index (χ4n) is 3.75. The van der Waals surface area contributed by atoms with E-state index in [1.807, 2.05) is 19.9 Å². The van der Waals surface area contributed by atoms with Crippen molar-refractivity contribution in [3.8, 4) is 11.4 Å². The normalized spacial score (nSPS) is 11.5. The lowest BCUT2D eigenvalue weighted by Gasteiger charge is -2.13. The number of hydrogen-bond acceptors (Lipinski definition) is 7. The number of aromatic nitrogens is 3. The SMILES string of the molecule is CCCCn1c(-c2ccccc2[N+](=O)[O-])nc2c(sc3nc(C)cc(COC)c32)c1=O. The molecule has 3 aromatic heterocycles. The van der Waals surface area contributed by atoms with Crippen molar-refractivity contribution in [2.75, 3.05) is 7.11 Å². The van der Waals surface area contributed by atoms with E-state index in [-0.39, 0.29) is 11.2 Å². The molecule has 0 aliphatic carbocycles. The first kappa shape index (κ1) is 21.1. The fourth-order valence-corrected chi connectivity index (χ4v) is 4.91. The zero-order chi connectivity index (χ0) is 22.1. The van der Waals surface area contributed by atoms with Gasteiger partial charge in [0.15, 0.2) is 5.82 Å². The van der Waals surface area contributed by atoms with Gasteiger partial charge in [0.2, 0.25) is 0 Å². The molecule has 0 aliphatic heterocycles. The maximum atomic E-state index is 13.5. The molecule has 0 N–H and O–H groups in total. The van der Waals surface area contributed by atoms with Crippen molar-refractivity contribution in [1.82, 2.24) is 14.5 Å². The van der Waals surface area contributed by atoms with Crippen molar-refractivity contribution in [3.05, 3.63) is 62.1 Å². The highest BCUT2D eigenvalue weighted by Gasteiger charge is 2.24. The minimum atomic E-state index is -0.442. The number of methoxy groups -OCH3 is 1. The fraction of sp³-hybridized carbons (Fsp3) is 0.318. The molecule has 31 heavy (non-hydrogen) atoms. The Hall–Kier alpha value is -3.17. The zero-order valence-corrected chi connectivity index (χ0v) is 18.4. The molecule has 0 amide bonds. The topological polar surface area (TPSA) is 100 Å². The quantitative estimate of drug-likeness (QED) is 0.302. The highest BCUT2D eigenvalue weighted by Crippen LogP contribution is 2.35. The van der Waals surface area contributed by atoms with E-state index in [0.717, 1.165) is 29.5 Å². The van der Waals surface area contributed by atoms with Crippen LogP contribution in [0.15, 0.2) is 35.1 Å². The molecule has 4 rings (SSSR count). The van der Waals surface area contributed by atoms with E-state index in [2.05, 4.69) is 4.98 Å². The lowest BCUT2D eigenvalue weighted by molar-refractivity contribution is -0.384. The van der Waals surface area contributed by atoms with Crippen LogP contribution in [-0.2, 0) is 17.9 Å². The first-order chi connectivity index (χ1) is 15.0. The van der Waals surface area contributed by atoms with Crippen LogP contribution < -0.4 is 5.56 Å². The maximum Gasteiger partial charge on any atom is 0.280 e. The summed E-state index contributed by atoms with van der Waals surface area (Å²) in [5.74, 6) is 0.307. The summed E-state index contributed by atoms with van der Waals surface area (Å²) in [7, 11) is 1.61. The molecule has 0 fully saturated rings. The molecular formula is C22H22N4O4S. The van der Waals surface area contributed by atoms with Gasteiger partial charge in [-0.1, -0.05) is 25.5 Å². The number of para-hydroxylation sites is 1. The smallest absolute Gasteiger partial charge is 0.280 e. The van der Waals surface area contributed by atoms with Gasteiger partial charge in [0.05, 0.1) is 22.6 Å². The molecule has 4 aromatic rings. The van der Waals surface area contributed by atoms with Crippen LogP contribution in [0, 0.1) is 17.0 Å². The predicted molar refractivity (Wildman–Crippen MR) is 122 cm³/mol. The summed E-state index contributed by atoms with van der Waals surface area (Å²) in [5, 5.41) is 12.4. The molecule has 0 aliphatic rings. The second-order valence-electron chi connectivity index (χ2n) is 7.34. The standard InChI is InChI=1S/C22H22N4O4S/c1-4-5-10-25-20(15-8-6-7-9-16(15)26(28)29)24-18-17-14(12-30-3)11-13(2)23-21(17)31-19(18)22(25)27/h6-9,11H,4-5,10,12H2,1-3H3. The molecule has 0 saturated heterocycles. The van der Waals surface area contributed by atoms with Crippen molar-refractivity contribution in [2.45, 2.75) is 39.8 Å². The van der Waals surface area contributed by atoms with Crippen LogP contribution >= 0.6 is 11.3 Å². The summed E-state index contributed by atoms with van der Waals surface area (Å²) in [6.45, 7) is 4.72. The van der Waals surface area contributed by atoms with Crippen molar-refractivity contribution in [1.29, 1.82) is 0 Å². The first-order valence-corrected chi connectivity index (χ1v) is 10.8. The summed E-state index contributed by atoms with van der Waals surface area (Å²) >= 11 is 1.31. The maximum absolute atomic E-state index is 13.5. The van der Waals surface area contributed by atoms with Gasteiger partial charge in [-0.05, 0) is 31.0 Å². The molecule has 0 spiro atoms. The summed E-state index contributed by atoms with van der Waals surface area (Å²) < 4.78 is 7.42. The Morgan fingerprint density at radius 2 is 2.03 bits per heavy atom. The summed E-state index contributed by atoms with van der Waals surface area (Å²) in [6, 6.07) is 8.32. The van der Waals surface area contributed by atoms with E-state index < -0.39 is 4.92 Å². The monoisotopic (exact) mass is 438 g/mol. The number of ether oxygens (including phenoxy) is 1. The average molecular weight is 439 g/mol. The number of unbranched alkanes of at least 4 members (excludes halogenated alkanes) is 1. The lowest BCUT2D eigenvalue weighted by Crippen LogP contribution is -2.23. The van der Waals surface area contributed by atoms with Crippen LogP contribution in [0.4, 0.5) is 5.69 Å². The number of aryl methyl sites for hydroxylation is 1. The molecule has 8 nitrogen and oxygen atoms in total. The number of fused-ring (bicyclic) bond motifs is 3. The minimum absolute atomic E-state index is 0.0791. The Morgan fingerprint density at radius 1 is 1.26 bits per heavy atom. The zero-order valence-electron chi connectivity index (χ0n) is 17.5. The van der Waals surface area contributed by atoms with Crippen LogP contribution in [-0.4, -0.2) is 26.6 Å². The van der Waals surface area contributed by atoms with Crippen molar-refractivity contribution in [2.24, 2.45) is 0 Å². The second kappa shape index (κ2) is 8.52. The third kappa shape index (κ3) is 3.70. The molecule has 0 bridgehead atoms. The van der Waals surface area contributed by atoms with E-state index in [4.69, 9.17) is 9.72 Å². The molecule has 0 saturated carbocycles. The van der Waals surface area contributed by atoms with Gasteiger partial charge in [0.1, 0.15) is 9.53 Å². The van der Waals surface area contributed by atoms with Gasteiger partial charge in [-0.3, -0.25) is 19.5 Å². The van der Waals surface area contributed by atoms with Crippen LogP contribution in [0.3, 0.4) is 0 Å². The third-order valence-corrected chi connectivity index (χ3v) is 6.20. The van der Waals surface area contributed by atoms with E-state index >= 15 is 0 Å². The number of nitrogens with zero attached hydrogens (tertiary/aromatic N) is 4. The Balaban J connectivity index is 2.13. The minimum Gasteiger partial charge on any atom is -0.380 e. The van der Waals surface area contributed by atoms with Gasteiger partial charge < -0.3 is 4.74 Å². The largest absolute Gasteiger partial charge is 0.380 e. The van der Waals surface area contributed by atoms with Crippen molar-refractivity contribution >= 4 is 37.5 Å². The van der Waals surface area contributed by atoms with E-state index in [1.54, 1.807) is 29.9 Å². The van der Waals surface area contributed by atoms with E-state index in [9.17, 15) is 14.9 Å². The molecule has 0 atom stereocenters. The summed E-state index contributed by atoms with van der Waals surface area (Å²) in [6.07, 6.45) is 1.64. The third-order valence-electron chi connectivity index (χ3n) is 5.14. The molecule has 9 heteroatoms. The highest BCUT2D eigenvalue weighted by atomic mass is 32.1. The van der Waals surface area contributed by atoms with Crippen LogP contribution in [0.2, 0.25) is 0 Å². The Labute approximate surface area is 182 Å². The lowest BCUT2D eigenvalue weighted by atomic mass is 10.1. The van der Waals surface area contributed by atoms with Gasteiger partial charge in [-0.15, -0.1) is 11.3 Å². The van der Waals surface area contributed by atoms with Gasteiger partial charge >= 0.3 is 0 Å². The first-order valence-electron chi connectivity index (χ1n) is 10.0. The average Bonchev–Trinajstić information content (AvgIpc) is 3.11. The number of hydrogen-bond donors (Lipinski definition) is 0. The van der Waals surface area contributed by atoms with Crippen molar-refractivity contribution in [3.63, 3.8) is 0 Å². The molecule has 160 valence electrons. The number of thiophene rings is 1. The van der Waals surface area contributed by atoms with Crippen molar-refractivity contribution < 1.29 is 9.66 Å². The molecular weight excluding hydrogens is 416 g/mol. The summed E-state index contributed by atoms with van der Waals surface area (Å²) in [4.78, 5) is 34.9. The number of nitro groups is 1. The van der Waals surface area contributed by atoms with Gasteiger partial charge in [0.25, 0.3) is 11.2 Å². The summed E-state index contributed by atoms with van der Waals surface area (Å²) in [5.41, 5.74) is 2.29. The van der Waals surface area contributed by atoms with Gasteiger partial charge in [0, 0.05) is 30.8 Å². The Morgan fingerprint density at radius 3 is 2.74 bits per heavy atom. The number of nitro benzene ring substituents is 1. The van der Waals surface area contributed by atoms with Gasteiger partial charge in [-0.25, -0.2) is 9.97 Å². The molecule has 1 aromatic carbocycles. The molecule has 0 unspecified atom stereocenters. The predicted octanol–water partition coefficient (Wildman–Crippen LogP) is 4.84. The Bertz CT molecular complexity index is 1360. The molecule has 3 heterocycles. The van der Waals surface area contributed by atoms with Crippen LogP contribution in [0.5, 0.6) is 0 Å². The Kier molecular flexibility index (Phi) is 5.79. The van der Waals surface area contributed by atoms with Crippen LogP contribution in [0.25, 0.3) is 31.8 Å². The number of benzene rings is 1. The van der Waals surface area contributed by atoms with E-state index in [1.165, 1.54) is 17.4 Å². The number of rotatable bonds is 7.